The number of carboxylic acid groups (broad SMARTS) is 1. The Morgan fingerprint density at radius 2 is 1.70 bits per heavy atom. The van der Waals surface area contributed by atoms with E-state index in [1.807, 2.05) is 6.07 Å². The first-order chi connectivity index (χ1) is 15.6. The number of carbonyl (C=O) groups is 1. The number of benzene rings is 2. The molecular weight excluding hydrogens is 468 g/mol. The molecule has 0 saturated carbocycles. The highest BCUT2D eigenvalue weighted by Crippen LogP contribution is 2.32. The summed E-state index contributed by atoms with van der Waals surface area (Å²) < 4.78 is 56.6. The first-order valence-electron chi connectivity index (χ1n) is 10.00. The fourth-order valence-electron chi connectivity index (χ4n) is 3.90. The van der Waals surface area contributed by atoms with Crippen LogP contribution in [0.1, 0.15) is 18.4 Å². The monoisotopic (exact) mass is 488 g/mol. The number of nitriles is 1. The van der Waals surface area contributed by atoms with Gasteiger partial charge in [0.25, 0.3) is 10.0 Å². The molecule has 2 aromatic carbocycles. The molecule has 1 aliphatic rings. The molecule has 1 amide bonds. The van der Waals surface area contributed by atoms with Gasteiger partial charge >= 0.3 is 6.09 Å². The molecule has 0 atom stereocenters. The Morgan fingerprint density at radius 1 is 1.03 bits per heavy atom. The van der Waals surface area contributed by atoms with Gasteiger partial charge in [-0.2, -0.15) is 5.26 Å². The van der Waals surface area contributed by atoms with Crippen LogP contribution in [-0.4, -0.2) is 56.0 Å². The van der Waals surface area contributed by atoms with Crippen LogP contribution in [0.15, 0.2) is 64.5 Å². The number of hydrogen-bond acceptors (Lipinski definition) is 6. The van der Waals surface area contributed by atoms with Gasteiger partial charge in [-0.15, -0.1) is 0 Å². The Bertz CT molecular complexity index is 1470. The van der Waals surface area contributed by atoms with Crippen molar-refractivity contribution in [2.24, 2.45) is 0 Å². The zero-order valence-corrected chi connectivity index (χ0v) is 18.9. The minimum Gasteiger partial charge on any atom is -0.465 e. The van der Waals surface area contributed by atoms with E-state index >= 15 is 0 Å². The van der Waals surface area contributed by atoms with Gasteiger partial charge in [-0.1, -0.05) is 24.3 Å². The molecule has 0 spiro atoms. The Hall–Kier alpha value is -3.40. The summed E-state index contributed by atoms with van der Waals surface area (Å²) in [5, 5.41) is 18.7. The average Bonchev–Trinajstić information content (AvgIpc) is 3.21. The summed E-state index contributed by atoms with van der Waals surface area (Å²) in [6, 6.07) is 13.3. The van der Waals surface area contributed by atoms with Crippen LogP contribution >= 0.6 is 0 Å². The summed E-state index contributed by atoms with van der Waals surface area (Å²) in [5.74, 6) is 0. The van der Waals surface area contributed by atoms with Crippen LogP contribution in [0.5, 0.6) is 0 Å². The molecule has 172 valence electrons. The second kappa shape index (κ2) is 8.51. The van der Waals surface area contributed by atoms with Gasteiger partial charge in [0.1, 0.15) is 4.90 Å². The predicted octanol–water partition coefficient (Wildman–Crippen LogP) is 2.17. The lowest BCUT2D eigenvalue weighted by molar-refractivity contribution is 0.131. The van der Waals surface area contributed by atoms with E-state index in [2.05, 4.69) is 4.72 Å². The minimum atomic E-state index is -4.23. The van der Waals surface area contributed by atoms with Crippen molar-refractivity contribution >= 4 is 37.0 Å². The maximum Gasteiger partial charge on any atom is 0.407 e. The number of amides is 1. The molecule has 1 saturated heterocycles. The summed E-state index contributed by atoms with van der Waals surface area (Å²) in [4.78, 5) is 12.0. The first-order valence-corrected chi connectivity index (χ1v) is 12.9. The molecule has 1 aliphatic heterocycles. The highest BCUT2D eigenvalue weighted by Gasteiger charge is 2.31. The third-order valence-electron chi connectivity index (χ3n) is 5.56. The van der Waals surface area contributed by atoms with Crippen molar-refractivity contribution in [1.29, 1.82) is 5.26 Å². The molecule has 0 radical (unpaired) electrons. The molecule has 33 heavy (non-hydrogen) atoms. The van der Waals surface area contributed by atoms with E-state index < -0.39 is 32.2 Å². The number of rotatable bonds is 5. The van der Waals surface area contributed by atoms with E-state index in [0.717, 1.165) is 10.2 Å². The van der Waals surface area contributed by atoms with E-state index in [1.54, 1.807) is 18.2 Å². The zero-order chi connectivity index (χ0) is 23.8. The van der Waals surface area contributed by atoms with Crippen molar-refractivity contribution in [3.63, 3.8) is 0 Å². The highest BCUT2D eigenvalue weighted by atomic mass is 32.2. The van der Waals surface area contributed by atoms with Gasteiger partial charge in [0, 0.05) is 30.7 Å². The molecule has 2 N–H and O–H groups in total. The van der Waals surface area contributed by atoms with Gasteiger partial charge in [0.15, 0.2) is 0 Å². The maximum absolute atomic E-state index is 13.3. The standard InChI is InChI=1S/C21H20N4O6S2/c22-13-15-5-4-8-18-20(15)19(14-25(18)33(30,31)17-6-2-1-3-7-17)32(28,29)23-16-9-11-24(12-10-16)21(26)27/h1-8,14,16,23H,9-12H2,(H,26,27). The van der Waals surface area contributed by atoms with Crippen LogP contribution in [0.3, 0.4) is 0 Å². The summed E-state index contributed by atoms with van der Waals surface area (Å²) in [6.07, 6.45) is 0.502. The number of piperidine rings is 1. The third-order valence-corrected chi connectivity index (χ3v) is 8.78. The molecule has 3 aromatic rings. The van der Waals surface area contributed by atoms with Gasteiger partial charge < -0.3 is 10.0 Å². The number of nitrogens with one attached hydrogen (secondary N) is 1. The molecule has 2 heterocycles. The van der Waals surface area contributed by atoms with E-state index in [9.17, 15) is 26.9 Å². The molecule has 12 heteroatoms. The summed E-state index contributed by atoms with van der Waals surface area (Å²) in [6.45, 7) is 0.353. The number of sulfonamides is 1. The molecule has 1 aromatic heterocycles. The van der Waals surface area contributed by atoms with E-state index in [1.165, 1.54) is 35.2 Å². The van der Waals surface area contributed by atoms with Gasteiger partial charge in [0.05, 0.1) is 22.0 Å². The smallest absolute Gasteiger partial charge is 0.407 e. The number of hydrogen-bond donors (Lipinski definition) is 2. The van der Waals surface area contributed by atoms with Crippen LogP contribution in [0, 0.1) is 11.3 Å². The minimum absolute atomic E-state index is 0.00924. The lowest BCUT2D eigenvalue weighted by Gasteiger charge is -2.30. The molecule has 10 nitrogen and oxygen atoms in total. The van der Waals surface area contributed by atoms with Crippen molar-refractivity contribution in [1.82, 2.24) is 13.6 Å². The van der Waals surface area contributed by atoms with Gasteiger partial charge in [-0.25, -0.2) is 30.3 Å². The Kier molecular flexibility index (Phi) is 5.87. The van der Waals surface area contributed by atoms with Gasteiger partial charge in [-0.05, 0) is 37.1 Å². The van der Waals surface area contributed by atoms with Crippen LogP contribution in [-0.2, 0) is 20.0 Å². The Balaban J connectivity index is 1.80. The topological polar surface area (TPSA) is 150 Å². The van der Waals surface area contributed by atoms with E-state index in [0.29, 0.717) is 0 Å². The summed E-state index contributed by atoms with van der Waals surface area (Å²) >= 11 is 0. The fourth-order valence-corrected chi connectivity index (χ4v) is 6.88. The summed E-state index contributed by atoms with van der Waals surface area (Å²) in [7, 11) is -8.37. The van der Waals surface area contributed by atoms with Crippen LogP contribution < -0.4 is 4.72 Å². The van der Waals surface area contributed by atoms with Crippen molar-refractivity contribution in [2.45, 2.75) is 28.7 Å². The van der Waals surface area contributed by atoms with Crippen molar-refractivity contribution in [3.8, 4) is 6.07 Å². The molecule has 0 bridgehead atoms. The lowest BCUT2D eigenvalue weighted by Crippen LogP contribution is -2.46. The quantitative estimate of drug-likeness (QED) is 0.559. The Labute approximate surface area is 190 Å². The second-order valence-electron chi connectivity index (χ2n) is 7.58. The van der Waals surface area contributed by atoms with E-state index in [4.69, 9.17) is 5.11 Å². The molecule has 1 fully saturated rings. The molecular formula is C21H20N4O6S2. The van der Waals surface area contributed by atoms with E-state index in [-0.39, 0.29) is 52.2 Å². The normalized spacial score (nSPS) is 15.4. The third kappa shape index (κ3) is 4.18. The predicted molar refractivity (Wildman–Crippen MR) is 119 cm³/mol. The molecule has 4 rings (SSSR count). The van der Waals surface area contributed by atoms with Crippen LogP contribution in [0.2, 0.25) is 0 Å². The van der Waals surface area contributed by atoms with Gasteiger partial charge in [-0.3, -0.25) is 0 Å². The van der Waals surface area contributed by atoms with Crippen molar-refractivity contribution < 1.29 is 26.7 Å². The lowest BCUT2D eigenvalue weighted by atomic mass is 10.1. The van der Waals surface area contributed by atoms with Crippen molar-refractivity contribution in [3.05, 3.63) is 60.3 Å². The number of aromatic nitrogens is 1. The fraction of sp³-hybridized carbons (Fsp3) is 0.238. The van der Waals surface area contributed by atoms with Crippen molar-refractivity contribution in [2.75, 3.05) is 13.1 Å². The highest BCUT2D eigenvalue weighted by molar-refractivity contribution is 7.91. The van der Waals surface area contributed by atoms with Crippen LogP contribution in [0.25, 0.3) is 10.9 Å². The molecule has 0 unspecified atom stereocenters. The zero-order valence-electron chi connectivity index (χ0n) is 17.2. The second-order valence-corrected chi connectivity index (χ2v) is 11.1. The Morgan fingerprint density at radius 3 is 2.30 bits per heavy atom. The molecule has 0 aliphatic carbocycles. The first kappa shape index (κ1) is 22.8. The number of fused-ring (bicyclic) bond motifs is 1. The maximum atomic E-state index is 13.3. The van der Waals surface area contributed by atoms with Gasteiger partial charge in [0.2, 0.25) is 10.0 Å². The number of likely N-dealkylation sites (tertiary alicyclic amines) is 1. The number of nitrogens with zero attached hydrogens (tertiary/aromatic N) is 3. The largest absolute Gasteiger partial charge is 0.465 e. The van der Waals surface area contributed by atoms with Crippen LogP contribution in [0.4, 0.5) is 4.79 Å². The SMILES string of the molecule is N#Cc1cccc2c1c(S(=O)(=O)NC1CCN(C(=O)O)CC1)cn2S(=O)(=O)c1ccccc1. The average molecular weight is 489 g/mol. The summed E-state index contributed by atoms with van der Waals surface area (Å²) in [5.41, 5.74) is 0.0922.